The molecule has 0 aromatic heterocycles. The van der Waals surface area contributed by atoms with Crippen LogP contribution in [-0.4, -0.2) is 12.7 Å². The zero-order chi connectivity index (χ0) is 14.2. The molecule has 2 unspecified atom stereocenters. The van der Waals surface area contributed by atoms with Gasteiger partial charge in [-0.3, -0.25) is 0 Å². The molecule has 0 aliphatic carbocycles. The van der Waals surface area contributed by atoms with E-state index in [0.29, 0.717) is 12.0 Å². The van der Waals surface area contributed by atoms with Crippen molar-refractivity contribution >= 4 is 0 Å². The molecule has 0 spiro atoms. The first-order valence-corrected chi connectivity index (χ1v) is 8.54. The lowest BCUT2D eigenvalue weighted by Crippen LogP contribution is -2.24. The number of hydrogen-bond donors (Lipinski definition) is 0. The first-order valence-electron chi connectivity index (χ1n) is 8.54. The van der Waals surface area contributed by atoms with E-state index in [2.05, 4.69) is 38.1 Å². The van der Waals surface area contributed by atoms with Crippen molar-refractivity contribution in [1.82, 2.24) is 0 Å². The monoisotopic (exact) mass is 274 g/mol. The van der Waals surface area contributed by atoms with E-state index >= 15 is 0 Å². The van der Waals surface area contributed by atoms with Gasteiger partial charge in [0.25, 0.3) is 0 Å². The van der Waals surface area contributed by atoms with E-state index in [0.717, 1.165) is 6.61 Å². The molecule has 1 saturated heterocycles. The van der Waals surface area contributed by atoms with Crippen molar-refractivity contribution in [2.45, 2.75) is 77.2 Å². The fraction of sp³-hybridized carbons (Fsp3) is 0.684. The summed E-state index contributed by atoms with van der Waals surface area (Å²) < 4.78 is 6.04. The Kier molecular flexibility index (Phi) is 6.59. The molecule has 2 atom stereocenters. The number of aryl methyl sites for hydroxylation is 1. The molecule has 0 radical (unpaired) electrons. The van der Waals surface area contributed by atoms with Crippen molar-refractivity contribution < 1.29 is 4.74 Å². The molecule has 1 heterocycles. The van der Waals surface area contributed by atoms with Crippen LogP contribution in [0.25, 0.3) is 0 Å². The molecule has 20 heavy (non-hydrogen) atoms. The van der Waals surface area contributed by atoms with Crippen molar-refractivity contribution in [2.75, 3.05) is 6.61 Å². The molecular weight excluding hydrogens is 244 g/mol. The molecule has 1 aromatic rings. The quantitative estimate of drug-likeness (QED) is 0.639. The van der Waals surface area contributed by atoms with E-state index < -0.39 is 0 Å². The summed E-state index contributed by atoms with van der Waals surface area (Å²) in [5.74, 6) is 0.619. The fourth-order valence-electron chi connectivity index (χ4n) is 3.07. The van der Waals surface area contributed by atoms with Crippen LogP contribution < -0.4 is 0 Å². The van der Waals surface area contributed by atoms with Crippen molar-refractivity contribution in [3.63, 3.8) is 0 Å². The Hall–Kier alpha value is -0.820. The molecular formula is C19H30O. The number of hydrogen-bond acceptors (Lipinski definition) is 1. The van der Waals surface area contributed by atoms with Crippen molar-refractivity contribution in [3.05, 3.63) is 35.4 Å². The lowest BCUT2D eigenvalue weighted by Gasteiger charge is -2.29. The molecule has 1 nitrogen and oxygen atoms in total. The van der Waals surface area contributed by atoms with Gasteiger partial charge >= 0.3 is 0 Å². The lowest BCUT2D eigenvalue weighted by atomic mass is 9.89. The molecule has 1 aromatic carbocycles. The van der Waals surface area contributed by atoms with Gasteiger partial charge in [0.2, 0.25) is 0 Å². The first kappa shape index (κ1) is 15.6. The average molecular weight is 274 g/mol. The standard InChI is InChI=1S/C19H30O/c1-3-5-7-16-9-11-17(12-10-16)18-13-14-19(20-15-18)8-6-4-2/h9-12,18-19H,3-8,13-15H2,1-2H3. The predicted octanol–water partition coefficient (Wildman–Crippen LogP) is 5.48. The van der Waals surface area contributed by atoms with Gasteiger partial charge in [0.1, 0.15) is 0 Å². The van der Waals surface area contributed by atoms with Gasteiger partial charge in [-0.25, -0.2) is 0 Å². The summed E-state index contributed by atoms with van der Waals surface area (Å²) in [7, 11) is 0. The van der Waals surface area contributed by atoms with Gasteiger partial charge in [0.15, 0.2) is 0 Å². The van der Waals surface area contributed by atoms with E-state index in [1.165, 1.54) is 62.5 Å². The minimum Gasteiger partial charge on any atom is -0.378 e. The van der Waals surface area contributed by atoms with Gasteiger partial charge in [-0.1, -0.05) is 57.4 Å². The normalized spacial score (nSPS) is 22.9. The van der Waals surface area contributed by atoms with Crippen LogP contribution >= 0.6 is 0 Å². The predicted molar refractivity (Wildman–Crippen MR) is 86.3 cm³/mol. The molecule has 2 rings (SSSR count). The fourth-order valence-corrected chi connectivity index (χ4v) is 3.07. The Morgan fingerprint density at radius 1 is 1.00 bits per heavy atom. The number of rotatable bonds is 7. The molecule has 0 amide bonds. The Morgan fingerprint density at radius 2 is 1.75 bits per heavy atom. The van der Waals surface area contributed by atoms with Gasteiger partial charge in [-0.05, 0) is 43.2 Å². The largest absolute Gasteiger partial charge is 0.378 e. The van der Waals surface area contributed by atoms with Crippen LogP contribution in [0, 0.1) is 0 Å². The van der Waals surface area contributed by atoms with Crippen molar-refractivity contribution in [3.8, 4) is 0 Å². The van der Waals surface area contributed by atoms with E-state index in [1.807, 2.05) is 0 Å². The average Bonchev–Trinajstić information content (AvgIpc) is 2.52. The highest BCUT2D eigenvalue weighted by molar-refractivity contribution is 5.26. The highest BCUT2D eigenvalue weighted by atomic mass is 16.5. The third kappa shape index (κ3) is 4.63. The second-order valence-corrected chi connectivity index (χ2v) is 6.22. The molecule has 1 fully saturated rings. The van der Waals surface area contributed by atoms with Crippen LogP contribution in [0.3, 0.4) is 0 Å². The van der Waals surface area contributed by atoms with Crippen LogP contribution in [0.4, 0.5) is 0 Å². The SMILES string of the molecule is CCCCc1ccc(C2CCC(CCCC)OC2)cc1. The molecule has 0 N–H and O–H groups in total. The van der Waals surface area contributed by atoms with Crippen LogP contribution in [0.5, 0.6) is 0 Å². The summed E-state index contributed by atoms with van der Waals surface area (Å²) in [4.78, 5) is 0. The summed E-state index contributed by atoms with van der Waals surface area (Å²) in [5, 5.41) is 0. The van der Waals surface area contributed by atoms with Gasteiger partial charge in [0, 0.05) is 5.92 Å². The highest BCUT2D eigenvalue weighted by Gasteiger charge is 2.22. The zero-order valence-corrected chi connectivity index (χ0v) is 13.2. The third-order valence-electron chi connectivity index (χ3n) is 4.52. The highest BCUT2D eigenvalue weighted by Crippen LogP contribution is 2.30. The second-order valence-electron chi connectivity index (χ2n) is 6.22. The lowest BCUT2D eigenvalue weighted by molar-refractivity contribution is -0.00189. The van der Waals surface area contributed by atoms with Crippen LogP contribution in [0.1, 0.15) is 75.8 Å². The van der Waals surface area contributed by atoms with Gasteiger partial charge in [-0.15, -0.1) is 0 Å². The molecule has 1 heteroatoms. The Bertz CT molecular complexity index is 360. The van der Waals surface area contributed by atoms with Crippen LogP contribution in [0.2, 0.25) is 0 Å². The topological polar surface area (TPSA) is 9.23 Å². The van der Waals surface area contributed by atoms with E-state index in [1.54, 1.807) is 0 Å². The number of unbranched alkanes of at least 4 members (excludes halogenated alkanes) is 2. The third-order valence-corrected chi connectivity index (χ3v) is 4.52. The molecule has 112 valence electrons. The molecule has 1 aliphatic heterocycles. The first-order chi connectivity index (χ1) is 9.83. The maximum Gasteiger partial charge on any atom is 0.0575 e. The van der Waals surface area contributed by atoms with Gasteiger partial charge in [-0.2, -0.15) is 0 Å². The van der Waals surface area contributed by atoms with Crippen molar-refractivity contribution in [2.24, 2.45) is 0 Å². The molecule has 0 bridgehead atoms. The van der Waals surface area contributed by atoms with E-state index in [4.69, 9.17) is 4.74 Å². The van der Waals surface area contributed by atoms with Gasteiger partial charge in [0.05, 0.1) is 12.7 Å². The Morgan fingerprint density at radius 3 is 2.35 bits per heavy atom. The summed E-state index contributed by atoms with van der Waals surface area (Å²) in [6.07, 6.45) is 10.7. The Labute approximate surface area is 124 Å². The summed E-state index contributed by atoms with van der Waals surface area (Å²) in [6, 6.07) is 9.28. The summed E-state index contributed by atoms with van der Waals surface area (Å²) in [5.41, 5.74) is 2.95. The Balaban J connectivity index is 1.81. The smallest absolute Gasteiger partial charge is 0.0575 e. The zero-order valence-electron chi connectivity index (χ0n) is 13.2. The minimum atomic E-state index is 0.523. The van der Waals surface area contributed by atoms with Crippen LogP contribution in [-0.2, 0) is 11.2 Å². The van der Waals surface area contributed by atoms with Crippen molar-refractivity contribution in [1.29, 1.82) is 0 Å². The minimum absolute atomic E-state index is 0.523. The number of ether oxygens (including phenoxy) is 1. The van der Waals surface area contributed by atoms with E-state index in [-0.39, 0.29) is 0 Å². The summed E-state index contributed by atoms with van der Waals surface area (Å²) >= 11 is 0. The second kappa shape index (κ2) is 8.46. The molecule has 0 saturated carbocycles. The maximum absolute atomic E-state index is 6.04. The molecule has 1 aliphatic rings. The van der Waals surface area contributed by atoms with Crippen LogP contribution in [0.15, 0.2) is 24.3 Å². The number of benzene rings is 1. The van der Waals surface area contributed by atoms with Gasteiger partial charge < -0.3 is 4.74 Å². The maximum atomic E-state index is 6.04. The summed E-state index contributed by atoms with van der Waals surface area (Å²) in [6.45, 7) is 5.43. The van der Waals surface area contributed by atoms with E-state index in [9.17, 15) is 0 Å².